The van der Waals surface area contributed by atoms with Gasteiger partial charge in [0.2, 0.25) is 17.6 Å². The molecule has 0 aliphatic carbocycles. The first-order valence-corrected chi connectivity index (χ1v) is 9.08. The van der Waals surface area contributed by atoms with E-state index in [0.29, 0.717) is 36.8 Å². The van der Waals surface area contributed by atoms with Crippen LogP contribution in [0.2, 0.25) is 0 Å². The molecule has 1 saturated heterocycles. The van der Waals surface area contributed by atoms with Gasteiger partial charge in [0.15, 0.2) is 0 Å². The minimum atomic E-state index is -0.843. The van der Waals surface area contributed by atoms with E-state index in [-0.39, 0.29) is 30.0 Å². The van der Waals surface area contributed by atoms with Crippen molar-refractivity contribution in [2.24, 2.45) is 5.73 Å². The predicted octanol–water partition coefficient (Wildman–Crippen LogP) is 3.52. The van der Waals surface area contributed by atoms with E-state index in [2.05, 4.69) is 10.1 Å². The number of carbonyl (C=O) groups excluding carboxylic acids is 1. The predicted molar refractivity (Wildman–Crippen MR) is 103 cm³/mol. The topological polar surface area (TPSA) is 85.3 Å². The van der Waals surface area contributed by atoms with Crippen molar-refractivity contribution in [1.82, 2.24) is 15.0 Å². The van der Waals surface area contributed by atoms with Gasteiger partial charge in [-0.1, -0.05) is 18.5 Å². The molecule has 27 heavy (non-hydrogen) atoms. The summed E-state index contributed by atoms with van der Waals surface area (Å²) in [6, 6.07) is 5.96. The molecule has 1 aliphatic heterocycles. The van der Waals surface area contributed by atoms with Gasteiger partial charge in [0.05, 0.1) is 11.5 Å². The molecule has 2 N–H and O–H groups in total. The molecule has 0 bridgehead atoms. The number of hydrogen-bond donors (Lipinski definition) is 1. The third-order valence-electron chi connectivity index (χ3n) is 4.86. The molecule has 1 aromatic heterocycles. The fraction of sp³-hybridized carbons (Fsp3) is 0.526. The Morgan fingerprint density at radius 2 is 2.11 bits per heavy atom. The Hall–Kier alpha value is -1.99. The van der Waals surface area contributed by atoms with Crippen LogP contribution in [-0.2, 0) is 4.79 Å². The monoisotopic (exact) mass is 396 g/mol. The minimum Gasteiger partial charge on any atom is -0.340 e. The summed E-state index contributed by atoms with van der Waals surface area (Å²) in [4.78, 5) is 19.0. The van der Waals surface area contributed by atoms with Gasteiger partial charge in [-0.2, -0.15) is 4.98 Å². The lowest BCUT2D eigenvalue weighted by atomic mass is 9.92. The molecule has 2 heterocycles. The number of carbonyl (C=O) groups is 1. The third-order valence-corrected chi connectivity index (χ3v) is 4.86. The molecule has 2 atom stereocenters. The van der Waals surface area contributed by atoms with E-state index in [4.69, 9.17) is 10.3 Å². The molecule has 3 rings (SSSR count). The SMILES string of the molecule is CCCC(C)(N)C(=O)N1CCCC(c2nc(-c3ccc(F)cc3)no2)C1.Cl. The Balaban J connectivity index is 0.00000261. The maximum absolute atomic E-state index is 13.1. The number of piperidine rings is 1. The molecule has 148 valence electrons. The molecule has 2 unspecified atom stereocenters. The summed E-state index contributed by atoms with van der Waals surface area (Å²) in [6.45, 7) is 5.04. The molecule has 2 aromatic rings. The van der Waals surface area contributed by atoms with Gasteiger partial charge in [0.1, 0.15) is 5.82 Å². The molecule has 0 radical (unpaired) electrons. The van der Waals surface area contributed by atoms with Gasteiger partial charge in [-0.05, 0) is 50.5 Å². The van der Waals surface area contributed by atoms with Crippen LogP contribution in [-0.4, -0.2) is 39.6 Å². The molecule has 1 fully saturated rings. The highest BCUT2D eigenvalue weighted by atomic mass is 35.5. The molecule has 1 aromatic carbocycles. The van der Waals surface area contributed by atoms with Crippen LogP contribution in [0.4, 0.5) is 4.39 Å². The van der Waals surface area contributed by atoms with E-state index >= 15 is 0 Å². The number of benzene rings is 1. The zero-order valence-electron chi connectivity index (χ0n) is 15.7. The number of halogens is 2. The second-order valence-electron chi connectivity index (χ2n) is 7.22. The Morgan fingerprint density at radius 1 is 1.41 bits per heavy atom. The highest BCUT2D eigenvalue weighted by Crippen LogP contribution is 2.29. The number of nitrogens with two attached hydrogens (primary N) is 1. The van der Waals surface area contributed by atoms with Crippen molar-refractivity contribution < 1.29 is 13.7 Å². The summed E-state index contributed by atoms with van der Waals surface area (Å²) < 4.78 is 18.5. The van der Waals surface area contributed by atoms with Crippen molar-refractivity contribution in [3.63, 3.8) is 0 Å². The van der Waals surface area contributed by atoms with E-state index in [0.717, 1.165) is 19.3 Å². The Kier molecular flexibility index (Phi) is 6.95. The van der Waals surface area contributed by atoms with Crippen LogP contribution in [0.3, 0.4) is 0 Å². The highest BCUT2D eigenvalue weighted by Gasteiger charge is 2.36. The summed E-state index contributed by atoms with van der Waals surface area (Å²) in [5.41, 5.74) is 6.06. The molecule has 1 aliphatic rings. The fourth-order valence-corrected chi connectivity index (χ4v) is 3.47. The number of hydrogen-bond acceptors (Lipinski definition) is 5. The number of likely N-dealkylation sites (tertiary alicyclic amines) is 1. The molecule has 1 amide bonds. The molecule has 8 heteroatoms. The van der Waals surface area contributed by atoms with Crippen molar-refractivity contribution in [2.75, 3.05) is 13.1 Å². The first kappa shape index (κ1) is 21.3. The molecular weight excluding hydrogens is 371 g/mol. The largest absolute Gasteiger partial charge is 0.340 e. The van der Waals surface area contributed by atoms with Gasteiger partial charge in [-0.25, -0.2) is 4.39 Å². The second kappa shape index (κ2) is 8.80. The summed E-state index contributed by atoms with van der Waals surface area (Å²) >= 11 is 0. The number of nitrogens with zero attached hydrogens (tertiary/aromatic N) is 3. The van der Waals surface area contributed by atoms with Crippen LogP contribution in [0.15, 0.2) is 28.8 Å². The molecule has 0 spiro atoms. The average molecular weight is 397 g/mol. The Morgan fingerprint density at radius 3 is 2.78 bits per heavy atom. The van der Waals surface area contributed by atoms with Crippen LogP contribution in [0.25, 0.3) is 11.4 Å². The zero-order chi connectivity index (χ0) is 18.7. The fourth-order valence-electron chi connectivity index (χ4n) is 3.47. The summed E-state index contributed by atoms with van der Waals surface area (Å²) in [6.07, 6.45) is 3.26. The number of aromatic nitrogens is 2. The van der Waals surface area contributed by atoms with Crippen LogP contribution in [0, 0.1) is 5.82 Å². The summed E-state index contributed by atoms with van der Waals surface area (Å²) in [5, 5.41) is 4.00. The van der Waals surface area contributed by atoms with Crippen LogP contribution < -0.4 is 5.73 Å². The van der Waals surface area contributed by atoms with Crippen molar-refractivity contribution in [3.05, 3.63) is 36.0 Å². The standard InChI is InChI=1S/C19H25FN4O2.ClH/c1-3-10-19(2,21)18(25)24-11-4-5-14(12-24)17-22-16(23-26-17)13-6-8-15(20)9-7-13;/h6-9,14H,3-5,10-12,21H2,1-2H3;1H. The quantitative estimate of drug-likeness (QED) is 0.835. The number of amides is 1. The Bertz CT molecular complexity index is 763. The minimum absolute atomic E-state index is 0. The van der Waals surface area contributed by atoms with Crippen molar-refractivity contribution in [3.8, 4) is 11.4 Å². The van der Waals surface area contributed by atoms with E-state index in [1.54, 1.807) is 19.1 Å². The summed E-state index contributed by atoms with van der Waals surface area (Å²) in [7, 11) is 0. The molecule has 6 nitrogen and oxygen atoms in total. The second-order valence-corrected chi connectivity index (χ2v) is 7.22. The van der Waals surface area contributed by atoms with Crippen LogP contribution in [0.1, 0.15) is 51.3 Å². The van der Waals surface area contributed by atoms with Gasteiger partial charge >= 0.3 is 0 Å². The van der Waals surface area contributed by atoms with Gasteiger partial charge in [0, 0.05) is 18.7 Å². The summed E-state index contributed by atoms with van der Waals surface area (Å²) in [5.74, 6) is 0.596. The van der Waals surface area contributed by atoms with Crippen LogP contribution in [0.5, 0.6) is 0 Å². The first-order chi connectivity index (χ1) is 12.4. The zero-order valence-corrected chi connectivity index (χ0v) is 16.5. The lowest BCUT2D eigenvalue weighted by molar-refractivity contribution is -0.138. The third kappa shape index (κ3) is 4.84. The van der Waals surface area contributed by atoms with E-state index in [9.17, 15) is 9.18 Å². The normalized spacial score (nSPS) is 19.3. The van der Waals surface area contributed by atoms with Crippen molar-refractivity contribution in [2.45, 2.75) is 51.0 Å². The highest BCUT2D eigenvalue weighted by molar-refractivity contribution is 5.86. The van der Waals surface area contributed by atoms with Gasteiger partial charge in [-0.15, -0.1) is 12.4 Å². The molecule has 0 saturated carbocycles. The lowest BCUT2D eigenvalue weighted by Gasteiger charge is -2.36. The van der Waals surface area contributed by atoms with Gasteiger partial charge in [-0.3, -0.25) is 4.79 Å². The molecular formula is C19H26ClFN4O2. The van der Waals surface area contributed by atoms with Crippen LogP contribution >= 0.6 is 12.4 Å². The van der Waals surface area contributed by atoms with Gasteiger partial charge in [0.25, 0.3) is 0 Å². The smallest absolute Gasteiger partial charge is 0.242 e. The Labute approximate surface area is 164 Å². The first-order valence-electron chi connectivity index (χ1n) is 9.08. The van der Waals surface area contributed by atoms with Crippen molar-refractivity contribution in [1.29, 1.82) is 0 Å². The van der Waals surface area contributed by atoms with E-state index < -0.39 is 5.54 Å². The van der Waals surface area contributed by atoms with Gasteiger partial charge < -0.3 is 15.2 Å². The average Bonchev–Trinajstić information content (AvgIpc) is 3.12. The maximum atomic E-state index is 13.1. The van der Waals surface area contributed by atoms with E-state index in [1.807, 2.05) is 11.8 Å². The number of rotatable bonds is 5. The van der Waals surface area contributed by atoms with Crippen molar-refractivity contribution >= 4 is 18.3 Å². The maximum Gasteiger partial charge on any atom is 0.242 e. The lowest BCUT2D eigenvalue weighted by Crippen LogP contribution is -2.55. The van der Waals surface area contributed by atoms with E-state index in [1.165, 1.54) is 12.1 Å².